The van der Waals surface area contributed by atoms with Crippen molar-refractivity contribution in [1.82, 2.24) is 0 Å². The minimum Gasteiger partial charge on any atom is -0.378 e. The molecule has 74 valence electrons. The molecule has 1 N–H and O–H groups in total. The highest BCUT2D eigenvalue weighted by Crippen LogP contribution is 2.21. The van der Waals surface area contributed by atoms with E-state index in [2.05, 4.69) is 25.8 Å². The third-order valence-corrected chi connectivity index (χ3v) is 2.40. The molecule has 0 unspecified atom stereocenters. The van der Waals surface area contributed by atoms with Gasteiger partial charge in [-0.3, -0.25) is 0 Å². The van der Waals surface area contributed by atoms with Gasteiger partial charge in [-0.15, -0.1) is 6.42 Å². The highest BCUT2D eigenvalue weighted by Gasteiger charge is 2.24. The SMILES string of the molecule is C#C[C@](C)(O)[C@H](C)CCC=C(C)C. The number of allylic oxidation sites excluding steroid dienone is 2. The highest BCUT2D eigenvalue weighted by molar-refractivity contribution is 5.07. The van der Waals surface area contributed by atoms with Crippen molar-refractivity contribution in [2.24, 2.45) is 5.92 Å². The molecule has 0 aromatic rings. The molecule has 0 amide bonds. The summed E-state index contributed by atoms with van der Waals surface area (Å²) in [6, 6.07) is 0. The van der Waals surface area contributed by atoms with E-state index in [4.69, 9.17) is 6.42 Å². The van der Waals surface area contributed by atoms with Gasteiger partial charge in [0.1, 0.15) is 5.60 Å². The predicted molar refractivity (Wildman–Crippen MR) is 57.3 cm³/mol. The minimum atomic E-state index is -0.963. The zero-order valence-corrected chi connectivity index (χ0v) is 9.09. The van der Waals surface area contributed by atoms with Crippen LogP contribution < -0.4 is 0 Å². The Morgan fingerprint density at radius 2 is 2.15 bits per heavy atom. The average molecular weight is 180 g/mol. The third-order valence-electron chi connectivity index (χ3n) is 2.40. The molecule has 1 nitrogen and oxygen atoms in total. The molecule has 0 aliphatic heterocycles. The van der Waals surface area contributed by atoms with Crippen LogP contribution >= 0.6 is 0 Å². The molecule has 0 saturated heterocycles. The molecule has 0 radical (unpaired) electrons. The maximum Gasteiger partial charge on any atom is 0.125 e. The van der Waals surface area contributed by atoms with Crippen LogP contribution in [0, 0.1) is 18.3 Å². The van der Waals surface area contributed by atoms with Crippen molar-refractivity contribution < 1.29 is 5.11 Å². The second-order valence-corrected chi connectivity index (χ2v) is 4.05. The Balaban J connectivity index is 3.97. The molecule has 0 spiro atoms. The number of hydrogen-bond donors (Lipinski definition) is 1. The number of rotatable bonds is 4. The zero-order chi connectivity index (χ0) is 10.5. The summed E-state index contributed by atoms with van der Waals surface area (Å²) in [5.41, 5.74) is 0.350. The zero-order valence-electron chi connectivity index (χ0n) is 9.09. The van der Waals surface area contributed by atoms with Gasteiger partial charge in [-0.2, -0.15) is 0 Å². The monoisotopic (exact) mass is 180 g/mol. The molecule has 1 heteroatoms. The summed E-state index contributed by atoms with van der Waals surface area (Å²) in [6.45, 7) is 7.83. The largest absolute Gasteiger partial charge is 0.378 e. The van der Waals surface area contributed by atoms with Crippen LogP contribution in [-0.2, 0) is 0 Å². The van der Waals surface area contributed by atoms with Crippen LogP contribution in [0.4, 0.5) is 0 Å². The Morgan fingerprint density at radius 3 is 2.54 bits per heavy atom. The third kappa shape index (κ3) is 4.75. The number of hydrogen-bond acceptors (Lipinski definition) is 1. The van der Waals surface area contributed by atoms with Gasteiger partial charge in [-0.1, -0.05) is 24.5 Å². The Bertz CT molecular complexity index is 214. The fourth-order valence-corrected chi connectivity index (χ4v) is 1.05. The summed E-state index contributed by atoms with van der Waals surface area (Å²) in [4.78, 5) is 0. The standard InChI is InChI=1S/C12H20O/c1-6-12(5,13)11(4)9-7-8-10(2)3/h1,8,11,13H,7,9H2,2-5H3/t11-,12+/m1/s1. The molecule has 0 bridgehead atoms. The van der Waals surface area contributed by atoms with Crippen LogP contribution in [0.2, 0.25) is 0 Å². The van der Waals surface area contributed by atoms with Crippen LogP contribution in [0.1, 0.15) is 40.5 Å². The van der Waals surface area contributed by atoms with E-state index in [1.807, 2.05) is 6.92 Å². The van der Waals surface area contributed by atoms with E-state index >= 15 is 0 Å². The molecular weight excluding hydrogens is 160 g/mol. The molecule has 0 aliphatic rings. The predicted octanol–water partition coefficient (Wildman–Crippen LogP) is 2.75. The molecule has 0 saturated carbocycles. The lowest BCUT2D eigenvalue weighted by atomic mass is 9.88. The summed E-state index contributed by atoms with van der Waals surface area (Å²) >= 11 is 0. The van der Waals surface area contributed by atoms with Gasteiger partial charge in [0.25, 0.3) is 0 Å². The van der Waals surface area contributed by atoms with Gasteiger partial charge >= 0.3 is 0 Å². The van der Waals surface area contributed by atoms with E-state index < -0.39 is 5.60 Å². The van der Waals surface area contributed by atoms with Crippen LogP contribution in [0.25, 0.3) is 0 Å². The molecule has 0 aliphatic carbocycles. The van der Waals surface area contributed by atoms with Gasteiger partial charge in [-0.25, -0.2) is 0 Å². The molecule has 0 aromatic carbocycles. The Hall–Kier alpha value is -0.740. The first kappa shape index (κ1) is 12.3. The highest BCUT2D eigenvalue weighted by atomic mass is 16.3. The first-order valence-corrected chi connectivity index (χ1v) is 4.73. The molecule has 2 atom stereocenters. The first-order valence-electron chi connectivity index (χ1n) is 4.73. The summed E-state index contributed by atoms with van der Waals surface area (Å²) in [5.74, 6) is 2.56. The van der Waals surface area contributed by atoms with Crippen LogP contribution in [0.15, 0.2) is 11.6 Å². The van der Waals surface area contributed by atoms with Gasteiger partial charge in [-0.05, 0) is 39.5 Å². The van der Waals surface area contributed by atoms with Gasteiger partial charge in [0.15, 0.2) is 0 Å². The van der Waals surface area contributed by atoms with Crippen LogP contribution in [0.3, 0.4) is 0 Å². The van der Waals surface area contributed by atoms with Crippen molar-refractivity contribution in [2.75, 3.05) is 0 Å². The second-order valence-electron chi connectivity index (χ2n) is 4.05. The summed E-state index contributed by atoms with van der Waals surface area (Å²) < 4.78 is 0. The fraction of sp³-hybridized carbons (Fsp3) is 0.667. The van der Waals surface area contributed by atoms with Crippen LogP contribution in [0.5, 0.6) is 0 Å². The maximum absolute atomic E-state index is 9.70. The first-order chi connectivity index (χ1) is 5.90. The van der Waals surface area contributed by atoms with Gasteiger partial charge < -0.3 is 5.11 Å². The molecule has 0 fully saturated rings. The summed E-state index contributed by atoms with van der Waals surface area (Å²) in [7, 11) is 0. The number of aliphatic hydroxyl groups is 1. The van der Waals surface area contributed by atoms with Crippen molar-refractivity contribution in [3.05, 3.63) is 11.6 Å². The Morgan fingerprint density at radius 1 is 1.62 bits per heavy atom. The lowest BCUT2D eigenvalue weighted by Gasteiger charge is -2.24. The molecule has 0 heterocycles. The van der Waals surface area contributed by atoms with E-state index in [-0.39, 0.29) is 5.92 Å². The van der Waals surface area contributed by atoms with E-state index in [9.17, 15) is 5.11 Å². The Labute approximate surface area is 81.9 Å². The quantitative estimate of drug-likeness (QED) is 0.521. The number of terminal acetylenes is 1. The van der Waals surface area contributed by atoms with Crippen molar-refractivity contribution >= 4 is 0 Å². The molecular formula is C12H20O. The molecule has 13 heavy (non-hydrogen) atoms. The second kappa shape index (κ2) is 5.09. The maximum atomic E-state index is 9.70. The van der Waals surface area contributed by atoms with E-state index in [1.54, 1.807) is 6.92 Å². The van der Waals surface area contributed by atoms with Gasteiger partial charge in [0.2, 0.25) is 0 Å². The lowest BCUT2D eigenvalue weighted by Crippen LogP contribution is -2.30. The van der Waals surface area contributed by atoms with Gasteiger partial charge in [0, 0.05) is 0 Å². The minimum absolute atomic E-state index is 0.146. The molecule has 0 rings (SSSR count). The smallest absolute Gasteiger partial charge is 0.125 e. The lowest BCUT2D eigenvalue weighted by molar-refractivity contribution is 0.0608. The summed E-state index contributed by atoms with van der Waals surface area (Å²) in [5, 5.41) is 9.70. The van der Waals surface area contributed by atoms with Crippen molar-refractivity contribution in [3.63, 3.8) is 0 Å². The van der Waals surface area contributed by atoms with E-state index in [1.165, 1.54) is 5.57 Å². The van der Waals surface area contributed by atoms with Crippen molar-refractivity contribution in [1.29, 1.82) is 0 Å². The summed E-state index contributed by atoms with van der Waals surface area (Å²) in [6.07, 6.45) is 9.31. The molecule has 0 aromatic heterocycles. The van der Waals surface area contributed by atoms with Crippen molar-refractivity contribution in [2.45, 2.75) is 46.1 Å². The van der Waals surface area contributed by atoms with E-state index in [0.717, 1.165) is 12.8 Å². The topological polar surface area (TPSA) is 20.2 Å². The Kier molecular flexibility index (Phi) is 4.80. The fourth-order valence-electron chi connectivity index (χ4n) is 1.05. The van der Waals surface area contributed by atoms with Crippen LogP contribution in [-0.4, -0.2) is 10.7 Å². The average Bonchev–Trinajstić information content (AvgIpc) is 2.03. The normalized spacial score (nSPS) is 16.9. The van der Waals surface area contributed by atoms with E-state index in [0.29, 0.717) is 0 Å². The van der Waals surface area contributed by atoms with Gasteiger partial charge in [0.05, 0.1) is 0 Å². The van der Waals surface area contributed by atoms with Crippen molar-refractivity contribution in [3.8, 4) is 12.3 Å².